The molecule has 160 valence electrons. The number of ether oxygens (including phenoxy) is 2. The van der Waals surface area contributed by atoms with Crippen molar-refractivity contribution in [2.75, 3.05) is 19.5 Å². The Morgan fingerprint density at radius 3 is 2.35 bits per heavy atom. The van der Waals surface area contributed by atoms with Crippen molar-refractivity contribution in [3.8, 4) is 11.5 Å². The van der Waals surface area contributed by atoms with E-state index in [0.29, 0.717) is 29.6 Å². The maximum atomic E-state index is 12.9. The number of aryl methyl sites for hydroxylation is 2. The summed E-state index contributed by atoms with van der Waals surface area (Å²) in [7, 11) is 3.08. The predicted octanol–water partition coefficient (Wildman–Crippen LogP) is 4.11. The number of rotatable bonds is 6. The lowest BCUT2D eigenvalue weighted by Crippen LogP contribution is -2.36. The molecule has 2 aromatic carbocycles. The number of anilines is 1. The molecule has 2 N–H and O–H groups in total. The van der Waals surface area contributed by atoms with Gasteiger partial charge in [-0.1, -0.05) is 6.07 Å². The van der Waals surface area contributed by atoms with E-state index in [1.54, 1.807) is 37.7 Å². The molecule has 0 unspecified atom stereocenters. The van der Waals surface area contributed by atoms with E-state index >= 15 is 0 Å². The topological polar surface area (TPSA) is 84.8 Å². The summed E-state index contributed by atoms with van der Waals surface area (Å²) < 4.78 is 10.5. The molecule has 0 atom stereocenters. The van der Waals surface area contributed by atoms with Gasteiger partial charge < -0.3 is 14.8 Å². The number of amides is 1. The number of pyridine rings is 1. The molecule has 0 aliphatic heterocycles. The highest BCUT2D eigenvalue weighted by Crippen LogP contribution is 2.27. The summed E-state index contributed by atoms with van der Waals surface area (Å²) in [6.45, 7) is 4.48. The number of aliphatic imine (C=N–C) groups is 1. The summed E-state index contributed by atoms with van der Waals surface area (Å²) in [6, 6.07) is 14.7. The van der Waals surface area contributed by atoms with E-state index in [-0.39, 0.29) is 5.91 Å². The third-order valence-electron chi connectivity index (χ3n) is 4.82. The third kappa shape index (κ3) is 5.82. The molecule has 3 aromatic rings. The zero-order valence-corrected chi connectivity index (χ0v) is 18.1. The Morgan fingerprint density at radius 1 is 0.935 bits per heavy atom. The first-order valence-electron chi connectivity index (χ1n) is 9.81. The van der Waals surface area contributed by atoms with Crippen LogP contribution in [-0.2, 0) is 6.54 Å². The molecule has 1 heterocycles. The first kappa shape index (κ1) is 21.8. The lowest BCUT2D eigenvalue weighted by atomic mass is 10.1. The molecule has 0 aliphatic carbocycles. The zero-order valence-electron chi connectivity index (χ0n) is 18.1. The number of methoxy groups -OCH3 is 2. The Kier molecular flexibility index (Phi) is 7.22. The van der Waals surface area contributed by atoms with Crippen molar-refractivity contribution in [1.29, 1.82) is 0 Å². The van der Waals surface area contributed by atoms with E-state index in [0.717, 1.165) is 16.8 Å². The number of guanidine groups is 1. The van der Waals surface area contributed by atoms with Crippen molar-refractivity contribution in [3.05, 3.63) is 83.2 Å². The largest absolute Gasteiger partial charge is 0.493 e. The number of aromatic nitrogens is 1. The highest BCUT2D eigenvalue weighted by molar-refractivity contribution is 6.10. The first-order chi connectivity index (χ1) is 15.0. The molecule has 0 fully saturated rings. The molecule has 0 saturated heterocycles. The molecule has 1 amide bonds. The number of carbonyl (C=O) groups excluding carboxylic acids is 1. The molecule has 7 nitrogen and oxygen atoms in total. The normalized spacial score (nSPS) is 11.0. The van der Waals surface area contributed by atoms with Gasteiger partial charge in [0.2, 0.25) is 5.96 Å². The second-order valence-corrected chi connectivity index (χ2v) is 6.97. The predicted molar refractivity (Wildman–Crippen MR) is 122 cm³/mol. The van der Waals surface area contributed by atoms with Gasteiger partial charge in [-0.25, -0.2) is 4.99 Å². The van der Waals surface area contributed by atoms with Crippen molar-refractivity contribution in [1.82, 2.24) is 10.3 Å². The number of hydrogen-bond acceptors (Lipinski definition) is 5. The summed E-state index contributed by atoms with van der Waals surface area (Å²) in [5.41, 5.74) is 4.58. The molecule has 0 radical (unpaired) electrons. The molecule has 7 heteroatoms. The smallest absolute Gasteiger partial charge is 0.258 e. The quantitative estimate of drug-likeness (QED) is 0.465. The van der Waals surface area contributed by atoms with Crippen molar-refractivity contribution < 1.29 is 14.3 Å². The van der Waals surface area contributed by atoms with E-state index in [9.17, 15) is 4.79 Å². The van der Waals surface area contributed by atoms with Gasteiger partial charge in [0.25, 0.3) is 5.91 Å². The number of nitrogens with zero attached hydrogens (tertiary/aromatic N) is 2. The minimum atomic E-state index is -0.314. The van der Waals surface area contributed by atoms with Gasteiger partial charge >= 0.3 is 0 Å². The SMILES string of the molecule is COc1ccc(C(=O)NC(=NCc2ccncc2)Nc2ccc(C)c(C)c2)cc1OC. The molecule has 0 saturated carbocycles. The summed E-state index contributed by atoms with van der Waals surface area (Å²) in [5, 5.41) is 6.08. The van der Waals surface area contributed by atoms with E-state index in [2.05, 4.69) is 27.5 Å². The van der Waals surface area contributed by atoms with Crippen LogP contribution in [0, 0.1) is 13.8 Å². The van der Waals surface area contributed by atoms with E-state index in [4.69, 9.17) is 9.47 Å². The van der Waals surface area contributed by atoms with Gasteiger partial charge in [-0.05, 0) is 73.0 Å². The lowest BCUT2D eigenvalue weighted by Gasteiger charge is -2.14. The fourth-order valence-corrected chi connectivity index (χ4v) is 2.88. The van der Waals surface area contributed by atoms with Crippen LogP contribution in [-0.4, -0.2) is 31.1 Å². The van der Waals surface area contributed by atoms with E-state index < -0.39 is 0 Å². The van der Waals surface area contributed by atoms with Crippen LogP contribution in [0.2, 0.25) is 0 Å². The molecule has 0 spiro atoms. The van der Waals surface area contributed by atoms with Crippen molar-refractivity contribution >= 4 is 17.6 Å². The summed E-state index contributed by atoms with van der Waals surface area (Å²) in [5.74, 6) is 1.07. The Bertz CT molecular complexity index is 1080. The number of carbonyl (C=O) groups is 1. The molecule has 3 rings (SSSR count). The second-order valence-electron chi connectivity index (χ2n) is 6.97. The molecule has 31 heavy (non-hydrogen) atoms. The van der Waals surface area contributed by atoms with Gasteiger partial charge in [0.05, 0.1) is 20.8 Å². The highest BCUT2D eigenvalue weighted by Gasteiger charge is 2.13. The Labute approximate surface area is 182 Å². The number of nitrogens with one attached hydrogen (secondary N) is 2. The van der Waals surface area contributed by atoms with Crippen LogP contribution in [0.4, 0.5) is 5.69 Å². The Morgan fingerprint density at radius 2 is 1.68 bits per heavy atom. The van der Waals surface area contributed by atoms with Crippen LogP contribution in [0.3, 0.4) is 0 Å². The Hall–Kier alpha value is -3.87. The highest BCUT2D eigenvalue weighted by atomic mass is 16.5. The van der Waals surface area contributed by atoms with Crippen LogP contribution >= 0.6 is 0 Å². The van der Waals surface area contributed by atoms with Crippen LogP contribution < -0.4 is 20.1 Å². The van der Waals surface area contributed by atoms with Gasteiger partial charge in [0, 0.05) is 23.6 Å². The summed E-state index contributed by atoms with van der Waals surface area (Å²) in [6.07, 6.45) is 3.42. The van der Waals surface area contributed by atoms with Crippen LogP contribution in [0.5, 0.6) is 11.5 Å². The Balaban J connectivity index is 1.84. The van der Waals surface area contributed by atoms with Gasteiger partial charge in [-0.15, -0.1) is 0 Å². The van der Waals surface area contributed by atoms with Crippen molar-refractivity contribution in [2.24, 2.45) is 4.99 Å². The third-order valence-corrected chi connectivity index (χ3v) is 4.82. The van der Waals surface area contributed by atoms with Gasteiger partial charge in [-0.3, -0.25) is 15.1 Å². The number of benzene rings is 2. The molecular weight excluding hydrogens is 392 g/mol. The second kappa shape index (κ2) is 10.2. The maximum Gasteiger partial charge on any atom is 0.258 e. The van der Waals surface area contributed by atoms with Crippen LogP contribution in [0.25, 0.3) is 0 Å². The van der Waals surface area contributed by atoms with Crippen molar-refractivity contribution in [3.63, 3.8) is 0 Å². The summed E-state index contributed by atoms with van der Waals surface area (Å²) >= 11 is 0. The minimum absolute atomic E-state index is 0.314. The standard InChI is InChI=1S/C24H26N4O3/c1-16-5-7-20(13-17(16)2)27-24(26-15-18-9-11-25-12-10-18)28-23(29)19-6-8-21(30-3)22(14-19)31-4/h5-14H,15H2,1-4H3,(H2,26,27,28,29). The van der Waals surface area contributed by atoms with Crippen LogP contribution in [0.15, 0.2) is 65.9 Å². The molecule has 0 bridgehead atoms. The fraction of sp³-hybridized carbons (Fsp3) is 0.208. The van der Waals surface area contributed by atoms with E-state index in [1.807, 2.05) is 37.3 Å². The van der Waals surface area contributed by atoms with Crippen molar-refractivity contribution in [2.45, 2.75) is 20.4 Å². The molecule has 1 aromatic heterocycles. The maximum absolute atomic E-state index is 12.9. The first-order valence-corrected chi connectivity index (χ1v) is 9.81. The van der Waals surface area contributed by atoms with Crippen LogP contribution in [0.1, 0.15) is 27.0 Å². The van der Waals surface area contributed by atoms with Gasteiger partial charge in [0.15, 0.2) is 11.5 Å². The zero-order chi connectivity index (χ0) is 22.2. The van der Waals surface area contributed by atoms with Gasteiger partial charge in [-0.2, -0.15) is 0 Å². The molecular formula is C24H26N4O3. The number of hydrogen-bond donors (Lipinski definition) is 2. The van der Waals surface area contributed by atoms with Gasteiger partial charge in [0.1, 0.15) is 0 Å². The molecule has 0 aliphatic rings. The minimum Gasteiger partial charge on any atom is -0.493 e. The van der Waals surface area contributed by atoms with E-state index in [1.165, 1.54) is 12.7 Å². The average Bonchev–Trinajstić information content (AvgIpc) is 2.80. The lowest BCUT2D eigenvalue weighted by molar-refractivity contribution is 0.0976. The fourth-order valence-electron chi connectivity index (χ4n) is 2.88. The average molecular weight is 418 g/mol. The summed E-state index contributed by atoms with van der Waals surface area (Å²) in [4.78, 5) is 21.5. The monoisotopic (exact) mass is 418 g/mol.